The van der Waals surface area contributed by atoms with Gasteiger partial charge in [-0.05, 0) is 32.6 Å². The van der Waals surface area contributed by atoms with E-state index in [9.17, 15) is 4.79 Å². The molecule has 0 aromatic heterocycles. The lowest BCUT2D eigenvalue weighted by atomic mass is 10.00. The first-order valence-electron chi connectivity index (χ1n) is 6.59. The Hall–Kier alpha value is -0.610. The standard InChI is InChI=1S/C13H24N2O2/c1-9(10-4-5-10)12(16)15-7-11(6-14)17-13(2,3)8-15/h9-11H,4-8,14H2,1-3H3. The second-order valence-electron chi connectivity index (χ2n) is 6.08. The molecule has 98 valence electrons. The average molecular weight is 240 g/mol. The average Bonchev–Trinajstić information content (AvgIpc) is 3.08. The molecular formula is C13H24N2O2. The number of rotatable bonds is 3. The van der Waals surface area contributed by atoms with E-state index in [2.05, 4.69) is 6.92 Å². The minimum atomic E-state index is -0.277. The Morgan fingerprint density at radius 3 is 2.71 bits per heavy atom. The summed E-state index contributed by atoms with van der Waals surface area (Å²) in [6.45, 7) is 7.91. The second-order valence-corrected chi connectivity index (χ2v) is 6.08. The SMILES string of the molecule is CC(C(=O)N1CC(CN)OC(C)(C)C1)C1CC1. The first-order valence-corrected chi connectivity index (χ1v) is 6.59. The van der Waals surface area contributed by atoms with Gasteiger partial charge in [0.05, 0.1) is 11.7 Å². The van der Waals surface area contributed by atoms with E-state index in [-0.39, 0.29) is 23.5 Å². The van der Waals surface area contributed by atoms with Crippen LogP contribution in [0.25, 0.3) is 0 Å². The van der Waals surface area contributed by atoms with Gasteiger partial charge in [0.1, 0.15) is 0 Å². The molecule has 1 aliphatic carbocycles. The number of carbonyl (C=O) groups is 1. The maximum Gasteiger partial charge on any atom is 0.225 e. The predicted molar refractivity (Wildman–Crippen MR) is 66.5 cm³/mol. The number of morpholine rings is 1. The summed E-state index contributed by atoms with van der Waals surface area (Å²) in [5.41, 5.74) is 5.40. The molecule has 1 saturated heterocycles. The van der Waals surface area contributed by atoms with E-state index in [1.807, 2.05) is 18.7 Å². The summed E-state index contributed by atoms with van der Waals surface area (Å²) in [6, 6.07) is 0. The summed E-state index contributed by atoms with van der Waals surface area (Å²) >= 11 is 0. The molecule has 2 aliphatic rings. The van der Waals surface area contributed by atoms with Crippen molar-refractivity contribution in [3.8, 4) is 0 Å². The van der Waals surface area contributed by atoms with Crippen LogP contribution in [0.15, 0.2) is 0 Å². The van der Waals surface area contributed by atoms with E-state index in [4.69, 9.17) is 10.5 Å². The molecule has 4 nitrogen and oxygen atoms in total. The van der Waals surface area contributed by atoms with Crippen LogP contribution in [0, 0.1) is 11.8 Å². The fourth-order valence-corrected chi connectivity index (χ4v) is 2.67. The fraction of sp³-hybridized carbons (Fsp3) is 0.923. The molecule has 0 aromatic rings. The Balaban J connectivity index is 2.01. The molecular weight excluding hydrogens is 216 g/mol. The Labute approximate surface area is 103 Å². The highest BCUT2D eigenvalue weighted by Crippen LogP contribution is 2.38. The lowest BCUT2D eigenvalue weighted by molar-refractivity contribution is -0.162. The van der Waals surface area contributed by atoms with E-state index in [1.54, 1.807) is 0 Å². The number of ether oxygens (including phenoxy) is 1. The van der Waals surface area contributed by atoms with Gasteiger partial charge in [-0.1, -0.05) is 6.92 Å². The van der Waals surface area contributed by atoms with E-state index in [0.717, 1.165) is 0 Å². The summed E-state index contributed by atoms with van der Waals surface area (Å²) in [5, 5.41) is 0. The number of hydrogen-bond acceptors (Lipinski definition) is 3. The third-order valence-electron chi connectivity index (χ3n) is 3.77. The van der Waals surface area contributed by atoms with Crippen molar-refractivity contribution in [3.63, 3.8) is 0 Å². The summed E-state index contributed by atoms with van der Waals surface area (Å²) in [4.78, 5) is 14.3. The quantitative estimate of drug-likeness (QED) is 0.800. The normalized spacial score (nSPS) is 30.1. The van der Waals surface area contributed by atoms with Crippen LogP contribution in [-0.4, -0.2) is 42.1 Å². The molecule has 0 bridgehead atoms. The maximum atomic E-state index is 12.4. The van der Waals surface area contributed by atoms with Crippen molar-refractivity contribution >= 4 is 5.91 Å². The van der Waals surface area contributed by atoms with Crippen LogP contribution >= 0.6 is 0 Å². The van der Waals surface area contributed by atoms with Gasteiger partial charge in [0.2, 0.25) is 5.91 Å². The zero-order chi connectivity index (χ0) is 12.6. The van der Waals surface area contributed by atoms with Gasteiger partial charge in [-0.2, -0.15) is 0 Å². The lowest BCUT2D eigenvalue weighted by Crippen LogP contribution is -2.57. The third kappa shape index (κ3) is 2.99. The zero-order valence-corrected chi connectivity index (χ0v) is 11.1. The lowest BCUT2D eigenvalue weighted by Gasteiger charge is -2.43. The van der Waals surface area contributed by atoms with Gasteiger partial charge in [0.25, 0.3) is 0 Å². The molecule has 1 amide bonds. The molecule has 2 rings (SSSR count). The predicted octanol–water partition coefficient (Wildman–Crippen LogP) is 0.997. The first-order chi connectivity index (χ1) is 7.93. The summed E-state index contributed by atoms with van der Waals surface area (Å²) in [5.74, 6) is 1.06. The minimum Gasteiger partial charge on any atom is -0.367 e. The fourth-order valence-electron chi connectivity index (χ4n) is 2.67. The van der Waals surface area contributed by atoms with Gasteiger partial charge in [-0.25, -0.2) is 0 Å². The highest BCUT2D eigenvalue weighted by molar-refractivity contribution is 5.79. The Morgan fingerprint density at radius 2 is 2.18 bits per heavy atom. The van der Waals surface area contributed by atoms with Crippen LogP contribution in [0.4, 0.5) is 0 Å². The Bertz CT molecular complexity index is 300. The Morgan fingerprint density at radius 1 is 1.53 bits per heavy atom. The molecule has 1 heterocycles. The van der Waals surface area contributed by atoms with Gasteiger partial charge in [-0.15, -0.1) is 0 Å². The molecule has 4 heteroatoms. The number of carbonyl (C=O) groups excluding carboxylic acids is 1. The van der Waals surface area contributed by atoms with Crippen molar-refractivity contribution in [1.82, 2.24) is 4.90 Å². The van der Waals surface area contributed by atoms with E-state index < -0.39 is 0 Å². The van der Waals surface area contributed by atoms with Crippen molar-refractivity contribution < 1.29 is 9.53 Å². The number of amides is 1. The van der Waals surface area contributed by atoms with Crippen molar-refractivity contribution in [1.29, 1.82) is 0 Å². The van der Waals surface area contributed by atoms with Crippen LogP contribution in [0.5, 0.6) is 0 Å². The first kappa shape index (κ1) is 12.8. The van der Waals surface area contributed by atoms with Crippen molar-refractivity contribution in [3.05, 3.63) is 0 Å². The summed E-state index contributed by atoms with van der Waals surface area (Å²) in [6.07, 6.45) is 2.40. The van der Waals surface area contributed by atoms with Crippen LogP contribution in [0.3, 0.4) is 0 Å². The van der Waals surface area contributed by atoms with Crippen LogP contribution in [0.1, 0.15) is 33.6 Å². The topological polar surface area (TPSA) is 55.6 Å². The molecule has 0 aromatic carbocycles. The smallest absolute Gasteiger partial charge is 0.225 e. The second kappa shape index (κ2) is 4.58. The molecule has 1 saturated carbocycles. The summed E-state index contributed by atoms with van der Waals surface area (Å²) in [7, 11) is 0. The van der Waals surface area contributed by atoms with Gasteiger partial charge < -0.3 is 15.4 Å². The van der Waals surface area contributed by atoms with Gasteiger partial charge in [0, 0.05) is 25.6 Å². The van der Waals surface area contributed by atoms with E-state index in [1.165, 1.54) is 12.8 Å². The molecule has 0 radical (unpaired) electrons. The maximum absolute atomic E-state index is 12.4. The molecule has 0 spiro atoms. The Kier molecular flexibility index (Phi) is 3.46. The van der Waals surface area contributed by atoms with Gasteiger partial charge >= 0.3 is 0 Å². The van der Waals surface area contributed by atoms with Crippen molar-refractivity contribution in [2.24, 2.45) is 17.6 Å². The largest absolute Gasteiger partial charge is 0.367 e. The van der Waals surface area contributed by atoms with Gasteiger partial charge in [0.15, 0.2) is 0 Å². The highest BCUT2D eigenvalue weighted by atomic mass is 16.5. The van der Waals surface area contributed by atoms with Crippen molar-refractivity contribution in [2.75, 3.05) is 19.6 Å². The highest BCUT2D eigenvalue weighted by Gasteiger charge is 2.40. The third-order valence-corrected chi connectivity index (χ3v) is 3.77. The van der Waals surface area contributed by atoms with Crippen molar-refractivity contribution in [2.45, 2.75) is 45.3 Å². The molecule has 2 fully saturated rings. The monoisotopic (exact) mass is 240 g/mol. The number of hydrogen-bond donors (Lipinski definition) is 1. The molecule has 17 heavy (non-hydrogen) atoms. The zero-order valence-electron chi connectivity index (χ0n) is 11.1. The molecule has 2 atom stereocenters. The van der Waals surface area contributed by atoms with Crippen LogP contribution in [-0.2, 0) is 9.53 Å². The van der Waals surface area contributed by atoms with Crippen LogP contribution in [0.2, 0.25) is 0 Å². The molecule has 2 unspecified atom stereocenters. The minimum absolute atomic E-state index is 0.0193. The van der Waals surface area contributed by atoms with Gasteiger partial charge in [-0.3, -0.25) is 4.79 Å². The van der Waals surface area contributed by atoms with E-state index in [0.29, 0.717) is 25.6 Å². The summed E-state index contributed by atoms with van der Waals surface area (Å²) < 4.78 is 5.84. The molecule has 2 N–H and O–H groups in total. The molecule has 1 aliphatic heterocycles. The van der Waals surface area contributed by atoms with E-state index >= 15 is 0 Å². The number of nitrogens with zero attached hydrogens (tertiary/aromatic N) is 1. The number of nitrogens with two attached hydrogens (primary N) is 1. The van der Waals surface area contributed by atoms with Crippen LogP contribution < -0.4 is 5.73 Å².